The molecule has 0 aromatic heterocycles. The standard InChI is InChI=1S/C11H23N3O.2ClH/c1-9(2)14(3)7-10(15)13-8-11(12)5-4-6-11;;/h9H,4-8,12H2,1-3H3,(H,13,15);2*1H. The molecule has 6 heteroatoms. The van der Waals surface area contributed by atoms with Crippen LogP contribution in [0.15, 0.2) is 0 Å². The van der Waals surface area contributed by atoms with Crippen molar-refractivity contribution < 1.29 is 4.79 Å². The van der Waals surface area contributed by atoms with E-state index in [-0.39, 0.29) is 36.3 Å². The van der Waals surface area contributed by atoms with Crippen LogP contribution >= 0.6 is 24.8 Å². The van der Waals surface area contributed by atoms with Crippen LogP contribution in [-0.2, 0) is 4.79 Å². The zero-order valence-corrected chi connectivity index (χ0v) is 12.5. The van der Waals surface area contributed by atoms with Gasteiger partial charge in [0.05, 0.1) is 6.54 Å². The van der Waals surface area contributed by atoms with Gasteiger partial charge in [0.25, 0.3) is 0 Å². The van der Waals surface area contributed by atoms with E-state index in [2.05, 4.69) is 19.2 Å². The third-order valence-electron chi connectivity index (χ3n) is 3.26. The van der Waals surface area contributed by atoms with Crippen molar-refractivity contribution in [3.05, 3.63) is 0 Å². The predicted molar refractivity (Wildman–Crippen MR) is 76.0 cm³/mol. The summed E-state index contributed by atoms with van der Waals surface area (Å²) in [5.74, 6) is 0.0722. The first kappa shape index (κ1) is 19.3. The summed E-state index contributed by atoms with van der Waals surface area (Å²) in [6.07, 6.45) is 3.26. The second-order valence-corrected chi connectivity index (χ2v) is 5.00. The Bertz CT molecular complexity index is 233. The van der Waals surface area contributed by atoms with E-state index in [1.54, 1.807) is 0 Å². The zero-order chi connectivity index (χ0) is 11.5. The van der Waals surface area contributed by atoms with Gasteiger partial charge < -0.3 is 11.1 Å². The Kier molecular flexibility index (Phi) is 9.25. The van der Waals surface area contributed by atoms with Crippen molar-refractivity contribution in [3.8, 4) is 0 Å². The molecule has 0 saturated heterocycles. The van der Waals surface area contributed by atoms with Crippen LogP contribution in [0.3, 0.4) is 0 Å². The first-order chi connectivity index (χ1) is 6.93. The first-order valence-corrected chi connectivity index (χ1v) is 5.69. The fourth-order valence-electron chi connectivity index (χ4n) is 1.55. The third kappa shape index (κ3) is 6.46. The third-order valence-corrected chi connectivity index (χ3v) is 3.26. The van der Waals surface area contributed by atoms with E-state index in [4.69, 9.17) is 5.73 Å². The maximum Gasteiger partial charge on any atom is 0.234 e. The number of nitrogens with zero attached hydrogens (tertiary/aromatic N) is 1. The molecule has 0 atom stereocenters. The van der Waals surface area contributed by atoms with Gasteiger partial charge in [0, 0.05) is 18.1 Å². The fraction of sp³-hybridized carbons (Fsp3) is 0.909. The molecule has 0 aromatic rings. The van der Waals surface area contributed by atoms with Crippen LogP contribution in [0.5, 0.6) is 0 Å². The maximum atomic E-state index is 11.5. The van der Waals surface area contributed by atoms with Crippen molar-refractivity contribution in [2.45, 2.75) is 44.7 Å². The average Bonchev–Trinajstić information content (AvgIpc) is 2.11. The Morgan fingerprint density at radius 1 is 1.41 bits per heavy atom. The molecule has 17 heavy (non-hydrogen) atoms. The molecule has 0 aromatic carbocycles. The van der Waals surface area contributed by atoms with Crippen LogP contribution in [0.25, 0.3) is 0 Å². The molecule has 1 amide bonds. The van der Waals surface area contributed by atoms with Gasteiger partial charge in [0.2, 0.25) is 5.91 Å². The average molecular weight is 286 g/mol. The summed E-state index contributed by atoms with van der Waals surface area (Å²) < 4.78 is 0. The second kappa shape index (κ2) is 8.14. The molecular formula is C11H25Cl2N3O. The number of nitrogens with two attached hydrogens (primary N) is 1. The van der Waals surface area contributed by atoms with Crippen molar-refractivity contribution in [1.29, 1.82) is 0 Å². The Morgan fingerprint density at radius 2 is 1.94 bits per heavy atom. The van der Waals surface area contributed by atoms with Gasteiger partial charge in [-0.3, -0.25) is 9.69 Å². The van der Waals surface area contributed by atoms with Gasteiger partial charge >= 0.3 is 0 Å². The normalized spacial score (nSPS) is 16.8. The Morgan fingerprint density at radius 3 is 2.29 bits per heavy atom. The van der Waals surface area contributed by atoms with Crippen LogP contribution in [0.4, 0.5) is 0 Å². The lowest BCUT2D eigenvalue weighted by Gasteiger charge is -2.38. The Hall–Kier alpha value is -0.0300. The smallest absolute Gasteiger partial charge is 0.234 e. The minimum Gasteiger partial charge on any atom is -0.353 e. The summed E-state index contributed by atoms with van der Waals surface area (Å²) in [5.41, 5.74) is 5.89. The zero-order valence-electron chi connectivity index (χ0n) is 10.9. The highest BCUT2D eigenvalue weighted by molar-refractivity contribution is 5.85. The molecule has 1 aliphatic rings. The summed E-state index contributed by atoms with van der Waals surface area (Å²) >= 11 is 0. The summed E-state index contributed by atoms with van der Waals surface area (Å²) in [7, 11) is 1.95. The number of carbonyl (C=O) groups is 1. The van der Waals surface area contributed by atoms with E-state index in [0.717, 1.165) is 12.8 Å². The van der Waals surface area contributed by atoms with Crippen LogP contribution in [0.2, 0.25) is 0 Å². The number of carbonyl (C=O) groups excluding carboxylic acids is 1. The van der Waals surface area contributed by atoms with E-state index >= 15 is 0 Å². The summed E-state index contributed by atoms with van der Waals surface area (Å²) in [4.78, 5) is 13.5. The van der Waals surface area contributed by atoms with Gasteiger partial charge in [0.1, 0.15) is 0 Å². The van der Waals surface area contributed by atoms with Crippen molar-refractivity contribution in [2.75, 3.05) is 20.1 Å². The molecule has 4 nitrogen and oxygen atoms in total. The number of amides is 1. The number of hydrogen-bond donors (Lipinski definition) is 2. The van der Waals surface area contributed by atoms with E-state index in [0.29, 0.717) is 19.1 Å². The molecule has 1 rings (SSSR count). The lowest BCUT2D eigenvalue weighted by atomic mass is 9.78. The molecule has 0 radical (unpaired) electrons. The molecule has 1 fully saturated rings. The van der Waals surface area contributed by atoms with E-state index in [9.17, 15) is 4.79 Å². The molecule has 1 saturated carbocycles. The van der Waals surface area contributed by atoms with E-state index in [1.165, 1.54) is 6.42 Å². The van der Waals surface area contributed by atoms with Gasteiger partial charge in [-0.2, -0.15) is 0 Å². The number of likely N-dealkylation sites (N-methyl/N-ethyl adjacent to an activating group) is 1. The fourth-order valence-corrected chi connectivity index (χ4v) is 1.55. The highest BCUT2D eigenvalue weighted by Crippen LogP contribution is 2.27. The van der Waals surface area contributed by atoms with Crippen LogP contribution in [-0.4, -0.2) is 42.5 Å². The van der Waals surface area contributed by atoms with Gasteiger partial charge in [0.15, 0.2) is 0 Å². The van der Waals surface area contributed by atoms with E-state index < -0.39 is 0 Å². The van der Waals surface area contributed by atoms with Gasteiger partial charge in [-0.25, -0.2) is 0 Å². The SMILES string of the molecule is CC(C)N(C)CC(=O)NCC1(N)CCC1.Cl.Cl. The lowest BCUT2D eigenvalue weighted by molar-refractivity contribution is -0.122. The van der Waals surface area contributed by atoms with Crippen molar-refractivity contribution in [2.24, 2.45) is 5.73 Å². The highest BCUT2D eigenvalue weighted by atomic mass is 35.5. The summed E-state index contributed by atoms with van der Waals surface area (Å²) in [6.45, 7) is 5.22. The Labute approximate surface area is 117 Å². The van der Waals surface area contributed by atoms with Crippen molar-refractivity contribution in [1.82, 2.24) is 10.2 Å². The van der Waals surface area contributed by atoms with Gasteiger partial charge in [-0.15, -0.1) is 24.8 Å². The molecule has 0 heterocycles. The predicted octanol–water partition coefficient (Wildman–Crippen LogP) is 1.17. The largest absolute Gasteiger partial charge is 0.353 e. The minimum atomic E-state index is -0.119. The topological polar surface area (TPSA) is 58.4 Å². The van der Waals surface area contributed by atoms with Crippen LogP contribution in [0.1, 0.15) is 33.1 Å². The number of nitrogens with one attached hydrogen (secondary N) is 1. The quantitative estimate of drug-likeness (QED) is 0.797. The monoisotopic (exact) mass is 285 g/mol. The van der Waals surface area contributed by atoms with E-state index in [1.807, 2.05) is 11.9 Å². The molecule has 0 aliphatic heterocycles. The van der Waals surface area contributed by atoms with Gasteiger partial charge in [-0.1, -0.05) is 0 Å². The van der Waals surface area contributed by atoms with Crippen LogP contribution < -0.4 is 11.1 Å². The molecule has 1 aliphatic carbocycles. The molecule has 0 unspecified atom stereocenters. The summed E-state index contributed by atoms with van der Waals surface area (Å²) in [6, 6.07) is 0.395. The maximum absolute atomic E-state index is 11.5. The minimum absolute atomic E-state index is 0. The van der Waals surface area contributed by atoms with Crippen molar-refractivity contribution >= 4 is 30.7 Å². The highest BCUT2D eigenvalue weighted by Gasteiger charge is 2.32. The lowest BCUT2D eigenvalue weighted by Crippen LogP contribution is -2.55. The van der Waals surface area contributed by atoms with Crippen LogP contribution in [0, 0.1) is 0 Å². The number of halogens is 2. The number of hydrogen-bond acceptors (Lipinski definition) is 3. The van der Waals surface area contributed by atoms with Gasteiger partial charge in [-0.05, 0) is 40.2 Å². The first-order valence-electron chi connectivity index (χ1n) is 5.69. The Balaban J connectivity index is 0. The molecule has 0 spiro atoms. The van der Waals surface area contributed by atoms with Crippen molar-refractivity contribution in [3.63, 3.8) is 0 Å². The molecule has 3 N–H and O–H groups in total. The second-order valence-electron chi connectivity index (χ2n) is 5.00. The molecular weight excluding hydrogens is 261 g/mol. The molecule has 104 valence electrons. The molecule has 0 bridgehead atoms. The summed E-state index contributed by atoms with van der Waals surface area (Å²) in [5, 5.41) is 2.91. The number of rotatable bonds is 5.